The van der Waals surface area contributed by atoms with Crippen LogP contribution >= 0.6 is 23.2 Å². The molecule has 0 saturated heterocycles. The van der Waals surface area contributed by atoms with E-state index in [1.807, 2.05) is 12.1 Å². The molecule has 0 bridgehead atoms. The molecule has 1 nitrogen and oxygen atoms in total. The Morgan fingerprint density at radius 1 is 1.42 bits per heavy atom. The highest BCUT2D eigenvalue weighted by Gasteiger charge is 1.98. The summed E-state index contributed by atoms with van der Waals surface area (Å²) < 4.78 is 0. The fraction of sp³-hybridized carbons (Fsp3) is 0.111. The second-order valence-corrected chi connectivity index (χ2v) is 3.02. The zero-order chi connectivity index (χ0) is 8.97. The van der Waals surface area contributed by atoms with Crippen molar-refractivity contribution in [1.29, 1.82) is 0 Å². The molecule has 0 aliphatic heterocycles. The summed E-state index contributed by atoms with van der Waals surface area (Å²) in [4.78, 5) is 0. The Kier molecular flexibility index (Phi) is 3.45. The number of allylic oxidation sites excluding steroid dienone is 1. The van der Waals surface area contributed by atoms with Crippen molar-refractivity contribution in [3.8, 4) is 0 Å². The Balaban J connectivity index is 3.04. The highest BCUT2D eigenvalue weighted by Crippen LogP contribution is 2.23. The summed E-state index contributed by atoms with van der Waals surface area (Å²) in [6, 6.07) is 5.42. The van der Waals surface area contributed by atoms with E-state index in [0.717, 1.165) is 5.56 Å². The lowest BCUT2D eigenvalue weighted by atomic mass is 10.1. The number of benzene rings is 1. The van der Waals surface area contributed by atoms with Crippen LogP contribution in [0.1, 0.15) is 5.56 Å². The van der Waals surface area contributed by atoms with Gasteiger partial charge in [0.05, 0.1) is 0 Å². The van der Waals surface area contributed by atoms with Gasteiger partial charge in [0.1, 0.15) is 0 Å². The maximum absolute atomic E-state index is 5.89. The van der Waals surface area contributed by atoms with E-state index in [4.69, 9.17) is 28.9 Å². The zero-order valence-corrected chi connectivity index (χ0v) is 7.94. The topological polar surface area (TPSA) is 26.0 Å². The quantitative estimate of drug-likeness (QED) is 0.578. The predicted octanol–water partition coefficient (Wildman–Crippen LogP) is 3.17. The van der Waals surface area contributed by atoms with Crippen molar-refractivity contribution in [3.05, 3.63) is 34.9 Å². The minimum atomic E-state index is 0.463. The first kappa shape index (κ1) is 9.43. The van der Waals surface area contributed by atoms with Gasteiger partial charge >= 0.3 is 0 Å². The highest BCUT2D eigenvalue weighted by atomic mass is 35.5. The summed E-state index contributed by atoms with van der Waals surface area (Å²) in [5.41, 5.74) is 7.19. The van der Waals surface area contributed by atoms with Crippen LogP contribution in [0.25, 0.3) is 6.08 Å². The van der Waals surface area contributed by atoms with E-state index in [0.29, 0.717) is 16.6 Å². The fourth-order valence-electron chi connectivity index (χ4n) is 0.892. The van der Waals surface area contributed by atoms with E-state index in [1.165, 1.54) is 0 Å². The maximum Gasteiger partial charge on any atom is 0.0498 e. The zero-order valence-electron chi connectivity index (χ0n) is 6.43. The van der Waals surface area contributed by atoms with Crippen LogP contribution in [-0.4, -0.2) is 5.88 Å². The smallest absolute Gasteiger partial charge is 0.0498 e. The number of nitrogens with two attached hydrogens (primary N) is 1. The lowest BCUT2D eigenvalue weighted by molar-refractivity contribution is 1.63. The third-order valence-electron chi connectivity index (χ3n) is 1.46. The lowest BCUT2D eigenvalue weighted by Crippen LogP contribution is -1.89. The summed E-state index contributed by atoms with van der Waals surface area (Å²) in [7, 11) is 0. The molecule has 0 aromatic heterocycles. The van der Waals surface area contributed by atoms with Gasteiger partial charge in [0, 0.05) is 22.2 Å². The van der Waals surface area contributed by atoms with Crippen LogP contribution in [0.5, 0.6) is 0 Å². The number of hydrogen-bond acceptors (Lipinski definition) is 1. The van der Waals surface area contributed by atoms with Crippen LogP contribution in [0, 0.1) is 0 Å². The minimum absolute atomic E-state index is 0.463. The average Bonchev–Trinajstić information content (AvgIpc) is 2.04. The van der Waals surface area contributed by atoms with Gasteiger partial charge in [-0.1, -0.05) is 29.8 Å². The van der Waals surface area contributed by atoms with Crippen molar-refractivity contribution in [2.24, 2.45) is 0 Å². The van der Waals surface area contributed by atoms with Crippen molar-refractivity contribution in [1.82, 2.24) is 0 Å². The second-order valence-electron chi connectivity index (χ2n) is 2.30. The van der Waals surface area contributed by atoms with Gasteiger partial charge in [0.25, 0.3) is 0 Å². The third-order valence-corrected chi connectivity index (χ3v) is 1.97. The summed E-state index contributed by atoms with van der Waals surface area (Å²) >= 11 is 11.4. The molecule has 1 aromatic rings. The first-order valence-corrected chi connectivity index (χ1v) is 4.43. The van der Waals surface area contributed by atoms with Gasteiger partial charge in [0.15, 0.2) is 0 Å². The largest absolute Gasteiger partial charge is 0.398 e. The van der Waals surface area contributed by atoms with Gasteiger partial charge in [-0.15, -0.1) is 11.6 Å². The average molecular weight is 202 g/mol. The van der Waals surface area contributed by atoms with Crippen LogP contribution in [0.2, 0.25) is 5.02 Å². The molecule has 0 aliphatic rings. The molecule has 0 atom stereocenters. The van der Waals surface area contributed by atoms with Gasteiger partial charge < -0.3 is 5.73 Å². The van der Waals surface area contributed by atoms with Gasteiger partial charge in [-0.05, 0) is 12.1 Å². The molecule has 0 spiro atoms. The van der Waals surface area contributed by atoms with Crippen molar-refractivity contribution in [2.75, 3.05) is 11.6 Å². The molecule has 0 unspecified atom stereocenters. The van der Waals surface area contributed by atoms with Crippen molar-refractivity contribution >= 4 is 35.0 Å². The molecule has 0 fully saturated rings. The first-order chi connectivity index (χ1) is 5.75. The molecule has 0 heterocycles. The van der Waals surface area contributed by atoms with Gasteiger partial charge in [-0.3, -0.25) is 0 Å². The summed E-state index contributed by atoms with van der Waals surface area (Å²) in [5, 5.41) is 0.649. The number of anilines is 1. The summed E-state index contributed by atoms with van der Waals surface area (Å²) in [6.07, 6.45) is 3.63. The number of hydrogen-bond donors (Lipinski definition) is 1. The second kappa shape index (κ2) is 4.39. The van der Waals surface area contributed by atoms with Crippen LogP contribution in [0.15, 0.2) is 24.3 Å². The molecule has 3 heteroatoms. The normalized spacial score (nSPS) is 10.8. The molecule has 0 aliphatic carbocycles. The van der Waals surface area contributed by atoms with Crippen LogP contribution in [0.3, 0.4) is 0 Å². The predicted molar refractivity (Wildman–Crippen MR) is 55.6 cm³/mol. The van der Waals surface area contributed by atoms with Crippen LogP contribution in [0.4, 0.5) is 5.69 Å². The fourth-order valence-corrected chi connectivity index (χ4v) is 1.23. The number of alkyl halides is 1. The molecular formula is C9H9Cl2N. The molecule has 12 heavy (non-hydrogen) atoms. The molecule has 0 radical (unpaired) electrons. The third kappa shape index (κ3) is 2.16. The first-order valence-electron chi connectivity index (χ1n) is 3.52. The lowest BCUT2D eigenvalue weighted by Gasteiger charge is -2.01. The van der Waals surface area contributed by atoms with Crippen LogP contribution in [-0.2, 0) is 0 Å². The Labute approximate surface area is 81.8 Å². The molecule has 64 valence electrons. The van der Waals surface area contributed by atoms with E-state index in [9.17, 15) is 0 Å². The SMILES string of the molecule is Nc1cccc(Cl)c1C=CCCl. The summed E-state index contributed by atoms with van der Waals surface area (Å²) in [6.45, 7) is 0. The molecule has 0 saturated carbocycles. The van der Waals surface area contributed by atoms with Crippen molar-refractivity contribution < 1.29 is 0 Å². The molecule has 1 aromatic carbocycles. The van der Waals surface area contributed by atoms with Crippen molar-refractivity contribution in [3.63, 3.8) is 0 Å². The number of rotatable bonds is 2. The molecular weight excluding hydrogens is 193 g/mol. The van der Waals surface area contributed by atoms with E-state index < -0.39 is 0 Å². The number of nitrogen functional groups attached to an aromatic ring is 1. The highest BCUT2D eigenvalue weighted by molar-refractivity contribution is 6.32. The summed E-state index contributed by atoms with van der Waals surface area (Å²) in [5.74, 6) is 0.463. The van der Waals surface area contributed by atoms with E-state index >= 15 is 0 Å². The standard InChI is InChI=1S/C9H9Cl2N/c10-6-2-3-7-8(11)4-1-5-9(7)12/h1-5H,6,12H2. The number of halogens is 2. The van der Waals surface area contributed by atoms with Gasteiger partial charge in [-0.25, -0.2) is 0 Å². The molecule has 2 N–H and O–H groups in total. The Morgan fingerprint density at radius 2 is 2.17 bits per heavy atom. The van der Waals surface area contributed by atoms with Gasteiger partial charge in [0.2, 0.25) is 0 Å². The van der Waals surface area contributed by atoms with E-state index in [1.54, 1.807) is 18.2 Å². The van der Waals surface area contributed by atoms with Crippen LogP contribution < -0.4 is 5.73 Å². The van der Waals surface area contributed by atoms with E-state index in [2.05, 4.69) is 0 Å². The Hall–Kier alpha value is -0.660. The Bertz CT molecular complexity index is 274. The monoisotopic (exact) mass is 201 g/mol. The minimum Gasteiger partial charge on any atom is -0.398 e. The maximum atomic E-state index is 5.89. The van der Waals surface area contributed by atoms with Gasteiger partial charge in [-0.2, -0.15) is 0 Å². The molecule has 0 amide bonds. The van der Waals surface area contributed by atoms with E-state index in [-0.39, 0.29) is 0 Å². The van der Waals surface area contributed by atoms with Crippen molar-refractivity contribution in [2.45, 2.75) is 0 Å². The Morgan fingerprint density at radius 3 is 2.75 bits per heavy atom. The molecule has 1 rings (SSSR count).